The fraction of sp³-hybridized carbons (Fsp3) is 0.263. The monoisotopic (exact) mass is 401 g/mol. The van der Waals surface area contributed by atoms with Crippen molar-refractivity contribution in [2.24, 2.45) is 0 Å². The van der Waals surface area contributed by atoms with Crippen LogP contribution in [0.4, 0.5) is 0 Å². The number of benzene rings is 2. The highest BCUT2D eigenvalue weighted by Gasteiger charge is 2.14. The van der Waals surface area contributed by atoms with Crippen LogP contribution >= 0.6 is 23.4 Å². The van der Waals surface area contributed by atoms with E-state index >= 15 is 0 Å². The van der Waals surface area contributed by atoms with Crippen LogP contribution in [-0.4, -0.2) is 31.9 Å². The number of tetrazole rings is 1. The Kier molecular flexibility index (Phi) is 6.13. The summed E-state index contributed by atoms with van der Waals surface area (Å²) in [5, 5.41) is 16.0. The molecule has 0 radical (unpaired) electrons. The highest BCUT2D eigenvalue weighted by Crippen LogP contribution is 2.21. The van der Waals surface area contributed by atoms with Crippen LogP contribution in [0.1, 0.15) is 29.7 Å². The van der Waals surface area contributed by atoms with E-state index in [-0.39, 0.29) is 17.7 Å². The molecule has 3 aromatic rings. The second-order valence-corrected chi connectivity index (χ2v) is 7.73. The maximum absolute atomic E-state index is 12.3. The summed E-state index contributed by atoms with van der Waals surface area (Å²) in [5.41, 5.74) is 4.10. The van der Waals surface area contributed by atoms with Crippen molar-refractivity contribution in [3.63, 3.8) is 0 Å². The number of carbonyl (C=O) groups is 1. The second-order valence-electron chi connectivity index (χ2n) is 6.35. The molecule has 1 heterocycles. The molecule has 2 aromatic carbocycles. The summed E-state index contributed by atoms with van der Waals surface area (Å²) in [6.07, 6.45) is 0. The third kappa shape index (κ3) is 5.08. The van der Waals surface area contributed by atoms with Crippen LogP contribution in [0.2, 0.25) is 5.02 Å². The molecule has 0 fully saturated rings. The van der Waals surface area contributed by atoms with Crippen molar-refractivity contribution in [3.8, 4) is 5.69 Å². The van der Waals surface area contributed by atoms with Gasteiger partial charge in [-0.25, -0.2) is 0 Å². The van der Waals surface area contributed by atoms with Gasteiger partial charge in [0.05, 0.1) is 17.5 Å². The molecule has 8 heteroatoms. The zero-order valence-electron chi connectivity index (χ0n) is 15.3. The summed E-state index contributed by atoms with van der Waals surface area (Å²) in [7, 11) is 0. The predicted molar refractivity (Wildman–Crippen MR) is 107 cm³/mol. The Morgan fingerprint density at radius 3 is 2.67 bits per heavy atom. The number of thioether (sulfide) groups is 1. The zero-order valence-corrected chi connectivity index (χ0v) is 16.9. The molecule has 0 aliphatic rings. The lowest BCUT2D eigenvalue weighted by molar-refractivity contribution is -0.119. The second kappa shape index (κ2) is 8.54. The van der Waals surface area contributed by atoms with Crippen molar-refractivity contribution in [1.29, 1.82) is 0 Å². The maximum Gasteiger partial charge on any atom is 0.230 e. The lowest BCUT2D eigenvalue weighted by atomic mass is 10.1. The quantitative estimate of drug-likeness (QED) is 0.634. The van der Waals surface area contributed by atoms with Gasteiger partial charge in [0, 0.05) is 5.02 Å². The maximum atomic E-state index is 12.3. The Morgan fingerprint density at radius 2 is 1.96 bits per heavy atom. The van der Waals surface area contributed by atoms with Gasteiger partial charge in [-0.1, -0.05) is 41.6 Å². The van der Waals surface area contributed by atoms with Crippen LogP contribution in [0.15, 0.2) is 47.6 Å². The molecule has 0 spiro atoms. The first-order chi connectivity index (χ1) is 12.9. The highest BCUT2D eigenvalue weighted by molar-refractivity contribution is 7.99. The summed E-state index contributed by atoms with van der Waals surface area (Å²) in [6.45, 7) is 5.98. The van der Waals surface area contributed by atoms with Crippen LogP contribution in [0.3, 0.4) is 0 Å². The molecule has 1 amide bonds. The largest absolute Gasteiger partial charge is 0.349 e. The number of halogens is 1. The van der Waals surface area contributed by atoms with E-state index in [0.717, 1.165) is 22.4 Å². The van der Waals surface area contributed by atoms with Crippen molar-refractivity contribution in [1.82, 2.24) is 25.5 Å². The molecule has 1 N–H and O–H groups in total. The van der Waals surface area contributed by atoms with Gasteiger partial charge in [0.2, 0.25) is 11.1 Å². The van der Waals surface area contributed by atoms with Gasteiger partial charge in [-0.15, -0.1) is 5.10 Å². The molecule has 6 nitrogen and oxygen atoms in total. The molecule has 0 saturated carbocycles. The van der Waals surface area contributed by atoms with E-state index in [4.69, 9.17) is 11.6 Å². The lowest BCUT2D eigenvalue weighted by Crippen LogP contribution is -2.28. The molecule has 0 saturated heterocycles. The van der Waals surface area contributed by atoms with E-state index < -0.39 is 0 Å². The third-order valence-corrected chi connectivity index (χ3v) is 5.10. The third-order valence-electron chi connectivity index (χ3n) is 3.95. The van der Waals surface area contributed by atoms with Crippen LogP contribution < -0.4 is 5.32 Å². The minimum Gasteiger partial charge on any atom is -0.349 e. The zero-order chi connectivity index (χ0) is 19.4. The highest BCUT2D eigenvalue weighted by atomic mass is 35.5. The molecule has 1 aromatic heterocycles. The van der Waals surface area contributed by atoms with Crippen molar-refractivity contribution in [2.45, 2.75) is 32.0 Å². The van der Waals surface area contributed by atoms with Crippen molar-refractivity contribution in [2.75, 3.05) is 5.75 Å². The predicted octanol–water partition coefficient (Wildman–Crippen LogP) is 3.90. The topological polar surface area (TPSA) is 72.7 Å². The average Bonchev–Trinajstić information content (AvgIpc) is 3.07. The molecule has 3 rings (SSSR count). The summed E-state index contributed by atoms with van der Waals surface area (Å²) in [6, 6.07) is 13.4. The first-order valence-electron chi connectivity index (χ1n) is 8.47. The SMILES string of the molecule is Cc1cc(C)cc(-n2nnnc2SCC(=O)N[C@H](C)c2cccc(Cl)c2)c1. The van der Waals surface area contributed by atoms with Crippen LogP contribution in [0.25, 0.3) is 5.69 Å². The normalized spacial score (nSPS) is 12.0. The smallest absolute Gasteiger partial charge is 0.230 e. The van der Waals surface area contributed by atoms with E-state index in [2.05, 4.69) is 26.9 Å². The standard InChI is InChI=1S/C19H20ClN5OS/c1-12-7-13(2)9-17(8-12)25-19(22-23-24-25)27-11-18(26)21-14(3)15-5-4-6-16(20)10-15/h4-10,14H,11H2,1-3H3,(H,21,26)/t14-/m1/s1. The number of carbonyl (C=O) groups excluding carboxylic acids is 1. The van der Waals surface area contributed by atoms with Gasteiger partial charge in [0.15, 0.2) is 0 Å². The molecule has 0 aliphatic carbocycles. The Morgan fingerprint density at radius 1 is 1.22 bits per heavy atom. The Balaban J connectivity index is 1.64. The molecule has 1 atom stereocenters. The minimum atomic E-state index is -0.132. The number of hydrogen-bond donors (Lipinski definition) is 1. The van der Waals surface area contributed by atoms with Gasteiger partial charge in [-0.3, -0.25) is 4.79 Å². The molecule has 0 aliphatic heterocycles. The van der Waals surface area contributed by atoms with Gasteiger partial charge in [0.25, 0.3) is 0 Å². The average molecular weight is 402 g/mol. The number of nitrogens with zero attached hydrogens (tertiary/aromatic N) is 4. The molecular formula is C19H20ClN5OS. The molecular weight excluding hydrogens is 382 g/mol. The Labute approximate surface area is 167 Å². The van der Waals surface area contributed by atoms with Gasteiger partial charge in [-0.05, 0) is 72.2 Å². The van der Waals surface area contributed by atoms with E-state index in [1.165, 1.54) is 11.8 Å². The minimum absolute atomic E-state index is 0.0950. The molecule has 0 unspecified atom stereocenters. The van der Waals surface area contributed by atoms with Gasteiger partial charge < -0.3 is 5.32 Å². The lowest BCUT2D eigenvalue weighted by Gasteiger charge is -2.14. The number of hydrogen-bond acceptors (Lipinski definition) is 5. The van der Waals surface area contributed by atoms with E-state index in [1.54, 1.807) is 4.68 Å². The van der Waals surface area contributed by atoms with E-state index in [1.807, 2.05) is 57.2 Å². The first-order valence-corrected chi connectivity index (χ1v) is 9.83. The summed E-state index contributed by atoms with van der Waals surface area (Å²) >= 11 is 7.31. The molecule has 27 heavy (non-hydrogen) atoms. The van der Waals surface area contributed by atoms with Gasteiger partial charge in [0.1, 0.15) is 0 Å². The fourth-order valence-corrected chi connectivity index (χ4v) is 3.68. The van der Waals surface area contributed by atoms with Gasteiger partial charge in [-0.2, -0.15) is 4.68 Å². The molecule has 0 bridgehead atoms. The number of amides is 1. The molecule has 140 valence electrons. The first kappa shape index (κ1) is 19.4. The van der Waals surface area contributed by atoms with Crippen LogP contribution in [-0.2, 0) is 4.79 Å². The van der Waals surface area contributed by atoms with Crippen molar-refractivity contribution < 1.29 is 4.79 Å². The Bertz CT molecular complexity index is 939. The number of aryl methyl sites for hydroxylation is 2. The Hall–Kier alpha value is -2.38. The summed E-state index contributed by atoms with van der Waals surface area (Å²) in [4.78, 5) is 12.3. The fourth-order valence-electron chi connectivity index (χ4n) is 2.78. The summed E-state index contributed by atoms with van der Waals surface area (Å²) in [5.74, 6) is 0.123. The number of aromatic nitrogens is 4. The summed E-state index contributed by atoms with van der Waals surface area (Å²) < 4.78 is 1.65. The van der Waals surface area contributed by atoms with Crippen molar-refractivity contribution in [3.05, 3.63) is 64.2 Å². The number of nitrogens with one attached hydrogen (secondary N) is 1. The van der Waals surface area contributed by atoms with E-state index in [0.29, 0.717) is 10.2 Å². The number of rotatable bonds is 6. The van der Waals surface area contributed by atoms with Crippen molar-refractivity contribution >= 4 is 29.3 Å². The van der Waals surface area contributed by atoms with Gasteiger partial charge >= 0.3 is 0 Å². The van der Waals surface area contributed by atoms with Crippen LogP contribution in [0, 0.1) is 13.8 Å². The van der Waals surface area contributed by atoms with E-state index in [9.17, 15) is 4.79 Å². The van der Waals surface area contributed by atoms with Crippen LogP contribution in [0.5, 0.6) is 0 Å².